The zero-order valence-corrected chi connectivity index (χ0v) is 11.1. The van der Waals surface area contributed by atoms with Gasteiger partial charge in [-0.15, -0.1) is 0 Å². The molecule has 0 fully saturated rings. The van der Waals surface area contributed by atoms with Crippen LogP contribution in [0.15, 0.2) is 30.3 Å². The number of aliphatic hydroxyl groups excluding tert-OH is 1. The van der Waals surface area contributed by atoms with E-state index in [0.29, 0.717) is 13.0 Å². The molecule has 1 atom stereocenters. The molecule has 1 aromatic rings. The largest absolute Gasteiger partial charge is 0.465 e. The van der Waals surface area contributed by atoms with Gasteiger partial charge < -0.3 is 15.1 Å². The maximum atomic E-state index is 11.1. The summed E-state index contributed by atoms with van der Waals surface area (Å²) in [4.78, 5) is 12.5. The van der Waals surface area contributed by atoms with Crippen LogP contribution in [0.5, 0.6) is 0 Å². The van der Waals surface area contributed by atoms with Crippen molar-refractivity contribution < 1.29 is 15.0 Å². The van der Waals surface area contributed by atoms with E-state index in [0.717, 1.165) is 5.56 Å². The third-order valence-electron chi connectivity index (χ3n) is 3.16. The van der Waals surface area contributed by atoms with Crippen LogP contribution in [-0.2, 0) is 0 Å². The molecule has 0 radical (unpaired) electrons. The molecule has 100 valence electrons. The van der Waals surface area contributed by atoms with E-state index >= 15 is 0 Å². The number of benzene rings is 1. The second kappa shape index (κ2) is 5.87. The van der Waals surface area contributed by atoms with Crippen molar-refractivity contribution in [1.82, 2.24) is 4.90 Å². The van der Waals surface area contributed by atoms with E-state index in [1.54, 1.807) is 6.92 Å². The van der Waals surface area contributed by atoms with Gasteiger partial charge in [-0.05, 0) is 26.3 Å². The van der Waals surface area contributed by atoms with Crippen molar-refractivity contribution in [2.24, 2.45) is 0 Å². The molecule has 4 heteroatoms. The lowest BCUT2D eigenvalue weighted by Crippen LogP contribution is -2.47. The van der Waals surface area contributed by atoms with E-state index in [-0.39, 0.29) is 0 Å². The van der Waals surface area contributed by atoms with Gasteiger partial charge in [-0.1, -0.05) is 30.3 Å². The first-order chi connectivity index (χ1) is 8.38. The zero-order chi connectivity index (χ0) is 13.8. The summed E-state index contributed by atoms with van der Waals surface area (Å²) >= 11 is 0. The first-order valence-electron chi connectivity index (χ1n) is 6.12. The first kappa shape index (κ1) is 14.5. The van der Waals surface area contributed by atoms with E-state index < -0.39 is 17.7 Å². The number of amides is 1. The first-order valence-corrected chi connectivity index (χ1v) is 6.12. The molecule has 1 amide bonds. The molecule has 18 heavy (non-hydrogen) atoms. The fourth-order valence-electron chi connectivity index (χ4n) is 2.20. The molecule has 0 aliphatic heterocycles. The minimum absolute atomic E-state index is 0.372. The molecule has 1 unspecified atom stereocenters. The average molecular weight is 251 g/mol. The second-order valence-electron chi connectivity index (χ2n) is 4.97. The van der Waals surface area contributed by atoms with Gasteiger partial charge in [0.05, 0.1) is 6.10 Å². The van der Waals surface area contributed by atoms with Crippen LogP contribution in [0.25, 0.3) is 0 Å². The molecular formula is C14H21NO3. The normalized spacial score (nSPS) is 13.1. The van der Waals surface area contributed by atoms with Crippen molar-refractivity contribution in [2.45, 2.75) is 38.8 Å². The lowest BCUT2D eigenvalue weighted by molar-refractivity contribution is 0.0537. The minimum atomic E-state index is -0.956. The Labute approximate surface area is 108 Å². The Hall–Kier alpha value is -1.55. The number of aliphatic hydroxyl groups is 1. The van der Waals surface area contributed by atoms with Gasteiger partial charge in [0.15, 0.2) is 0 Å². The number of nitrogens with zero attached hydrogens (tertiary/aromatic N) is 1. The van der Waals surface area contributed by atoms with Gasteiger partial charge in [-0.3, -0.25) is 0 Å². The van der Waals surface area contributed by atoms with Gasteiger partial charge in [-0.2, -0.15) is 0 Å². The van der Waals surface area contributed by atoms with E-state index in [4.69, 9.17) is 5.11 Å². The number of carboxylic acid groups (broad SMARTS) is 1. The number of rotatable bonds is 5. The highest BCUT2D eigenvalue weighted by atomic mass is 16.4. The van der Waals surface area contributed by atoms with Crippen molar-refractivity contribution in [2.75, 3.05) is 6.54 Å². The van der Waals surface area contributed by atoms with Crippen LogP contribution in [-0.4, -0.2) is 33.3 Å². The highest BCUT2D eigenvalue weighted by molar-refractivity contribution is 5.66. The van der Waals surface area contributed by atoms with Gasteiger partial charge in [0, 0.05) is 18.5 Å². The molecular weight excluding hydrogens is 230 g/mol. The van der Waals surface area contributed by atoms with Crippen molar-refractivity contribution >= 4 is 6.09 Å². The van der Waals surface area contributed by atoms with Crippen molar-refractivity contribution in [3.63, 3.8) is 0 Å². The summed E-state index contributed by atoms with van der Waals surface area (Å²) < 4.78 is 0. The Morgan fingerprint density at radius 2 is 1.89 bits per heavy atom. The van der Waals surface area contributed by atoms with Gasteiger partial charge in [0.1, 0.15) is 0 Å². The molecule has 0 saturated heterocycles. The molecule has 0 spiro atoms. The van der Waals surface area contributed by atoms with E-state index in [1.165, 1.54) is 4.90 Å². The molecule has 1 rings (SSSR count). The quantitative estimate of drug-likeness (QED) is 0.846. The van der Waals surface area contributed by atoms with Crippen LogP contribution in [0.4, 0.5) is 4.79 Å². The fraction of sp³-hybridized carbons (Fsp3) is 0.500. The molecule has 2 N–H and O–H groups in total. The molecule has 0 aliphatic rings. The highest BCUT2D eigenvalue weighted by Gasteiger charge is 2.32. The second-order valence-corrected chi connectivity index (χ2v) is 4.97. The van der Waals surface area contributed by atoms with E-state index in [1.807, 2.05) is 44.2 Å². The standard InChI is InChI=1S/C14H21NO3/c1-4-15(13(17)18)14(2,3)10-12(16)11-8-6-5-7-9-11/h5-9,12,16H,4,10H2,1-3H3,(H,17,18). The molecule has 0 heterocycles. The molecule has 0 aromatic heterocycles. The molecule has 0 bridgehead atoms. The summed E-state index contributed by atoms with van der Waals surface area (Å²) in [5.41, 5.74) is 0.211. The summed E-state index contributed by atoms with van der Waals surface area (Å²) in [6, 6.07) is 9.30. The average Bonchev–Trinajstić information content (AvgIpc) is 2.29. The smallest absolute Gasteiger partial charge is 0.407 e. The van der Waals surface area contributed by atoms with Crippen LogP contribution >= 0.6 is 0 Å². The molecule has 0 aliphatic carbocycles. The van der Waals surface area contributed by atoms with Gasteiger partial charge in [-0.25, -0.2) is 4.79 Å². The van der Waals surface area contributed by atoms with Gasteiger partial charge >= 0.3 is 6.09 Å². The van der Waals surface area contributed by atoms with Crippen LogP contribution in [0.2, 0.25) is 0 Å². The van der Waals surface area contributed by atoms with Crippen molar-refractivity contribution in [3.05, 3.63) is 35.9 Å². The summed E-state index contributed by atoms with van der Waals surface area (Å²) in [5.74, 6) is 0. The third kappa shape index (κ3) is 3.47. The minimum Gasteiger partial charge on any atom is -0.465 e. The lowest BCUT2D eigenvalue weighted by atomic mass is 9.91. The van der Waals surface area contributed by atoms with Crippen LogP contribution < -0.4 is 0 Å². The predicted octanol–water partition coefficient (Wildman–Crippen LogP) is 2.89. The molecule has 1 aromatic carbocycles. The van der Waals surface area contributed by atoms with Crippen molar-refractivity contribution in [1.29, 1.82) is 0 Å². The number of hydrogen-bond donors (Lipinski definition) is 2. The third-order valence-corrected chi connectivity index (χ3v) is 3.16. The summed E-state index contributed by atoms with van der Waals surface area (Å²) in [7, 11) is 0. The topological polar surface area (TPSA) is 60.8 Å². The SMILES string of the molecule is CCN(C(=O)O)C(C)(C)CC(O)c1ccccc1. The Morgan fingerprint density at radius 3 is 2.33 bits per heavy atom. The van der Waals surface area contributed by atoms with Crippen LogP contribution in [0, 0.1) is 0 Å². The molecule has 0 saturated carbocycles. The monoisotopic (exact) mass is 251 g/mol. The zero-order valence-electron chi connectivity index (χ0n) is 11.1. The summed E-state index contributed by atoms with van der Waals surface area (Å²) in [5, 5.41) is 19.3. The Bertz CT molecular complexity index is 389. The maximum Gasteiger partial charge on any atom is 0.407 e. The predicted molar refractivity (Wildman–Crippen MR) is 70.5 cm³/mol. The Morgan fingerprint density at radius 1 is 1.33 bits per heavy atom. The van der Waals surface area contributed by atoms with Crippen LogP contribution in [0.3, 0.4) is 0 Å². The fourth-order valence-corrected chi connectivity index (χ4v) is 2.20. The highest BCUT2D eigenvalue weighted by Crippen LogP contribution is 2.28. The van der Waals surface area contributed by atoms with Crippen LogP contribution in [0.1, 0.15) is 38.9 Å². The van der Waals surface area contributed by atoms with E-state index in [2.05, 4.69) is 0 Å². The number of carbonyl (C=O) groups is 1. The van der Waals surface area contributed by atoms with Gasteiger partial charge in [0.25, 0.3) is 0 Å². The van der Waals surface area contributed by atoms with Crippen molar-refractivity contribution in [3.8, 4) is 0 Å². The summed E-state index contributed by atoms with van der Waals surface area (Å²) in [6.45, 7) is 5.86. The van der Waals surface area contributed by atoms with E-state index in [9.17, 15) is 9.90 Å². The maximum absolute atomic E-state index is 11.1. The Kier molecular flexibility index (Phi) is 4.73. The lowest BCUT2D eigenvalue weighted by Gasteiger charge is -2.37. The molecule has 4 nitrogen and oxygen atoms in total. The summed E-state index contributed by atoms with van der Waals surface area (Å²) in [6.07, 6.45) is -1.24. The Balaban J connectivity index is 2.79. The number of hydrogen-bond acceptors (Lipinski definition) is 2. The van der Waals surface area contributed by atoms with Gasteiger partial charge in [0.2, 0.25) is 0 Å².